The molecule has 0 atom stereocenters. The van der Waals surface area contributed by atoms with Gasteiger partial charge >= 0.3 is 0 Å². The number of rotatable bonds is 9. The Hall–Kier alpha value is -3.06. The second-order valence-corrected chi connectivity index (χ2v) is 8.30. The van der Waals surface area contributed by atoms with Crippen LogP contribution in [-0.4, -0.2) is 36.1 Å². The van der Waals surface area contributed by atoms with Crippen LogP contribution in [0.1, 0.15) is 40.5 Å². The minimum Gasteiger partial charge on any atom is -0.493 e. The Morgan fingerprint density at radius 3 is 2.35 bits per heavy atom. The molecule has 0 spiro atoms. The molecule has 0 N–H and O–H groups in total. The molecule has 0 aliphatic heterocycles. The number of aromatic nitrogens is 1. The quantitative estimate of drug-likeness (QED) is 0.463. The molecule has 1 heterocycles. The van der Waals surface area contributed by atoms with Gasteiger partial charge in [0.25, 0.3) is 5.91 Å². The summed E-state index contributed by atoms with van der Waals surface area (Å²) in [5, 5.41) is 2.79. The van der Waals surface area contributed by atoms with E-state index in [2.05, 4.69) is 4.98 Å². The summed E-state index contributed by atoms with van der Waals surface area (Å²) < 4.78 is 16.7. The van der Waals surface area contributed by atoms with Gasteiger partial charge in [0, 0.05) is 17.0 Å². The maximum atomic E-state index is 13.1. The molecule has 0 radical (unpaired) electrons. The molecule has 31 heavy (non-hydrogen) atoms. The zero-order valence-electron chi connectivity index (χ0n) is 18.5. The molecule has 2 aromatic carbocycles. The summed E-state index contributed by atoms with van der Waals surface area (Å²) >= 11 is 1.50. The number of hydrogen-bond acceptors (Lipinski definition) is 6. The van der Waals surface area contributed by atoms with Gasteiger partial charge < -0.3 is 19.1 Å². The van der Waals surface area contributed by atoms with Gasteiger partial charge in [0.1, 0.15) is 11.6 Å². The summed E-state index contributed by atoms with van der Waals surface area (Å²) in [6.07, 6.45) is 0. The molecule has 6 nitrogen and oxygen atoms in total. The predicted molar refractivity (Wildman–Crippen MR) is 122 cm³/mol. The fourth-order valence-electron chi connectivity index (χ4n) is 3.21. The highest BCUT2D eigenvalue weighted by Crippen LogP contribution is 2.37. The van der Waals surface area contributed by atoms with E-state index in [1.165, 1.54) is 11.3 Å². The average molecular weight is 441 g/mol. The first kappa shape index (κ1) is 22.6. The highest BCUT2D eigenvalue weighted by Gasteiger charge is 2.21. The normalized spacial score (nSPS) is 10.8. The van der Waals surface area contributed by atoms with Gasteiger partial charge in [0.15, 0.2) is 11.5 Å². The van der Waals surface area contributed by atoms with Crippen molar-refractivity contribution < 1.29 is 19.0 Å². The molecule has 7 heteroatoms. The number of methoxy groups -OCH3 is 2. The van der Waals surface area contributed by atoms with E-state index in [-0.39, 0.29) is 18.6 Å². The zero-order valence-corrected chi connectivity index (χ0v) is 19.4. The minimum atomic E-state index is 0.0117. The van der Waals surface area contributed by atoms with Crippen LogP contribution in [0.5, 0.6) is 17.2 Å². The number of thiazole rings is 1. The molecule has 0 unspecified atom stereocenters. The molecular formula is C24H28N2O4S. The number of hydrogen-bond donors (Lipinski definition) is 0. The van der Waals surface area contributed by atoms with Crippen LogP contribution in [0.4, 0.5) is 0 Å². The lowest BCUT2D eigenvalue weighted by Gasteiger charge is -2.26. The monoisotopic (exact) mass is 440 g/mol. The molecule has 0 bridgehead atoms. The van der Waals surface area contributed by atoms with E-state index in [0.29, 0.717) is 23.8 Å². The van der Waals surface area contributed by atoms with Gasteiger partial charge in [-0.2, -0.15) is 0 Å². The third-order valence-corrected chi connectivity index (χ3v) is 5.79. The maximum Gasteiger partial charge on any atom is 0.254 e. The molecule has 0 fully saturated rings. The number of aryl methyl sites for hydroxylation is 1. The average Bonchev–Trinajstić information content (AvgIpc) is 3.22. The number of carbonyl (C=O) groups is 1. The van der Waals surface area contributed by atoms with Gasteiger partial charge in [0.2, 0.25) is 5.75 Å². The molecule has 3 rings (SSSR count). The molecule has 164 valence electrons. The van der Waals surface area contributed by atoms with Crippen molar-refractivity contribution >= 4 is 17.2 Å². The standard InChI is InChI=1S/C24H28N2O4S/c1-16(2)26(24(27)19-10-7-6-9-17(19)3)13-18-15-31-22(25-18)14-30-23-20(28-4)11-8-12-21(23)29-5/h6-12,15-16H,13-14H2,1-5H3. The number of amides is 1. The van der Waals surface area contributed by atoms with Crippen LogP contribution >= 0.6 is 11.3 Å². The van der Waals surface area contributed by atoms with Crippen LogP contribution in [0.3, 0.4) is 0 Å². The van der Waals surface area contributed by atoms with E-state index in [4.69, 9.17) is 14.2 Å². The van der Waals surface area contributed by atoms with Gasteiger partial charge in [-0.3, -0.25) is 4.79 Å². The summed E-state index contributed by atoms with van der Waals surface area (Å²) in [5.41, 5.74) is 2.53. The lowest BCUT2D eigenvalue weighted by atomic mass is 10.1. The lowest BCUT2D eigenvalue weighted by Crippen LogP contribution is -2.36. The number of nitrogens with zero attached hydrogens (tertiary/aromatic N) is 2. The summed E-state index contributed by atoms with van der Waals surface area (Å²) in [6.45, 7) is 6.71. The van der Waals surface area contributed by atoms with E-state index in [0.717, 1.165) is 21.8 Å². The smallest absolute Gasteiger partial charge is 0.254 e. The van der Waals surface area contributed by atoms with Crippen molar-refractivity contribution in [2.24, 2.45) is 0 Å². The van der Waals surface area contributed by atoms with Crippen molar-refractivity contribution in [3.05, 3.63) is 69.7 Å². The molecule has 0 saturated carbocycles. The van der Waals surface area contributed by atoms with Crippen LogP contribution in [0.25, 0.3) is 0 Å². The maximum absolute atomic E-state index is 13.1. The van der Waals surface area contributed by atoms with Crippen LogP contribution < -0.4 is 14.2 Å². The van der Waals surface area contributed by atoms with Gasteiger partial charge in [-0.15, -0.1) is 11.3 Å². The predicted octanol–water partition coefficient (Wildman–Crippen LogP) is 5.10. The fraction of sp³-hybridized carbons (Fsp3) is 0.333. The van der Waals surface area contributed by atoms with E-state index in [1.54, 1.807) is 14.2 Å². The molecule has 0 aliphatic carbocycles. The minimum absolute atomic E-state index is 0.0117. The Morgan fingerprint density at radius 2 is 1.74 bits per heavy atom. The third-order valence-electron chi connectivity index (χ3n) is 4.91. The molecule has 0 saturated heterocycles. The Morgan fingerprint density at radius 1 is 1.06 bits per heavy atom. The van der Waals surface area contributed by atoms with Crippen LogP contribution in [0.15, 0.2) is 47.8 Å². The van der Waals surface area contributed by atoms with Crippen molar-refractivity contribution in [3.8, 4) is 17.2 Å². The lowest BCUT2D eigenvalue weighted by molar-refractivity contribution is 0.0687. The first-order valence-corrected chi connectivity index (χ1v) is 11.0. The van der Waals surface area contributed by atoms with Gasteiger partial charge in [0.05, 0.1) is 26.5 Å². The van der Waals surface area contributed by atoms with Crippen molar-refractivity contribution in [2.75, 3.05) is 14.2 Å². The Labute approximate surface area is 187 Å². The second kappa shape index (κ2) is 10.3. The summed E-state index contributed by atoms with van der Waals surface area (Å²) in [4.78, 5) is 19.6. The Balaban J connectivity index is 1.72. The van der Waals surface area contributed by atoms with E-state index < -0.39 is 0 Å². The fourth-order valence-corrected chi connectivity index (χ4v) is 3.91. The highest BCUT2D eigenvalue weighted by molar-refractivity contribution is 7.09. The molecule has 3 aromatic rings. The van der Waals surface area contributed by atoms with Crippen molar-refractivity contribution in [1.29, 1.82) is 0 Å². The first-order valence-electron chi connectivity index (χ1n) is 10.1. The first-order chi connectivity index (χ1) is 14.9. The summed E-state index contributed by atoms with van der Waals surface area (Å²) in [7, 11) is 3.18. The third kappa shape index (κ3) is 5.35. The van der Waals surface area contributed by atoms with E-state index in [9.17, 15) is 4.79 Å². The topological polar surface area (TPSA) is 60.9 Å². The Kier molecular flexibility index (Phi) is 7.52. The van der Waals surface area contributed by atoms with E-state index >= 15 is 0 Å². The van der Waals surface area contributed by atoms with Gasteiger partial charge in [-0.05, 0) is 44.5 Å². The van der Waals surface area contributed by atoms with Crippen LogP contribution in [-0.2, 0) is 13.2 Å². The zero-order chi connectivity index (χ0) is 22.4. The number of benzene rings is 2. The number of ether oxygens (including phenoxy) is 3. The van der Waals surface area contributed by atoms with Crippen LogP contribution in [0.2, 0.25) is 0 Å². The Bertz CT molecular complexity index is 1010. The molecule has 0 aliphatic rings. The number of para-hydroxylation sites is 1. The number of carbonyl (C=O) groups excluding carboxylic acids is 1. The molecule has 1 aromatic heterocycles. The van der Waals surface area contributed by atoms with Gasteiger partial charge in [-0.1, -0.05) is 24.3 Å². The van der Waals surface area contributed by atoms with Crippen molar-refractivity contribution in [3.63, 3.8) is 0 Å². The van der Waals surface area contributed by atoms with Crippen molar-refractivity contribution in [2.45, 2.75) is 40.0 Å². The van der Waals surface area contributed by atoms with E-state index in [1.807, 2.05) is 73.5 Å². The van der Waals surface area contributed by atoms with Gasteiger partial charge in [-0.25, -0.2) is 4.98 Å². The SMILES string of the molecule is COc1cccc(OC)c1OCc1nc(CN(C(=O)c2ccccc2C)C(C)C)cs1. The van der Waals surface area contributed by atoms with Crippen molar-refractivity contribution in [1.82, 2.24) is 9.88 Å². The highest BCUT2D eigenvalue weighted by atomic mass is 32.1. The molecular weight excluding hydrogens is 412 g/mol. The second-order valence-electron chi connectivity index (χ2n) is 7.35. The summed E-state index contributed by atoms with van der Waals surface area (Å²) in [5.74, 6) is 1.76. The van der Waals surface area contributed by atoms with Crippen LogP contribution in [0, 0.1) is 6.92 Å². The summed E-state index contributed by atoms with van der Waals surface area (Å²) in [6, 6.07) is 13.2. The largest absolute Gasteiger partial charge is 0.493 e. The molecule has 1 amide bonds.